The van der Waals surface area contributed by atoms with Crippen molar-refractivity contribution in [2.24, 2.45) is 5.73 Å². The first-order valence-corrected chi connectivity index (χ1v) is 6.66. The number of carboxylic acids is 1. The van der Waals surface area contributed by atoms with Crippen LogP contribution in [0.25, 0.3) is 0 Å². The standard InChI is InChI=1S/C15H20N2O4/c1-9-3-4-11(7-10(9)2)8-14(19)17-12(15(20)21)5-6-13(16)18/h3-4,7,12H,5-6,8H2,1-2H3,(H2,16,18)(H,17,19)(H,20,21). The zero-order valence-corrected chi connectivity index (χ0v) is 12.2. The molecule has 0 spiro atoms. The van der Waals surface area contributed by atoms with Gasteiger partial charge in [-0.25, -0.2) is 4.79 Å². The molecule has 6 heteroatoms. The molecule has 0 aliphatic carbocycles. The van der Waals surface area contributed by atoms with Crippen LogP contribution in [0.3, 0.4) is 0 Å². The minimum absolute atomic E-state index is 0.0106. The van der Waals surface area contributed by atoms with Crippen LogP contribution in [0.4, 0.5) is 0 Å². The van der Waals surface area contributed by atoms with E-state index < -0.39 is 23.8 Å². The molecule has 6 nitrogen and oxygen atoms in total. The van der Waals surface area contributed by atoms with E-state index in [-0.39, 0.29) is 19.3 Å². The van der Waals surface area contributed by atoms with Crippen LogP contribution < -0.4 is 11.1 Å². The van der Waals surface area contributed by atoms with Crippen molar-refractivity contribution in [1.82, 2.24) is 5.32 Å². The number of carboxylic acid groups (broad SMARTS) is 1. The lowest BCUT2D eigenvalue weighted by Crippen LogP contribution is -2.42. The fourth-order valence-corrected chi connectivity index (χ4v) is 1.89. The number of nitrogens with one attached hydrogen (secondary N) is 1. The van der Waals surface area contributed by atoms with Crippen molar-refractivity contribution >= 4 is 17.8 Å². The molecule has 0 radical (unpaired) electrons. The summed E-state index contributed by atoms with van der Waals surface area (Å²) in [7, 11) is 0. The van der Waals surface area contributed by atoms with Crippen molar-refractivity contribution < 1.29 is 19.5 Å². The number of carbonyl (C=O) groups excluding carboxylic acids is 2. The summed E-state index contributed by atoms with van der Waals surface area (Å²) in [6, 6.07) is 4.55. The second-order valence-corrected chi connectivity index (χ2v) is 5.06. The minimum atomic E-state index is -1.18. The average molecular weight is 292 g/mol. The Morgan fingerprint density at radius 1 is 1.24 bits per heavy atom. The Balaban J connectivity index is 2.62. The van der Waals surface area contributed by atoms with Crippen LogP contribution in [0, 0.1) is 13.8 Å². The molecule has 0 fully saturated rings. The molecule has 0 aromatic heterocycles. The second-order valence-electron chi connectivity index (χ2n) is 5.06. The molecule has 0 aliphatic heterocycles. The number of hydrogen-bond donors (Lipinski definition) is 3. The summed E-state index contributed by atoms with van der Waals surface area (Å²) in [6.07, 6.45) is 0.00565. The molecule has 0 aliphatic rings. The zero-order valence-electron chi connectivity index (χ0n) is 12.2. The Morgan fingerprint density at radius 2 is 1.90 bits per heavy atom. The Kier molecular flexibility index (Phi) is 5.90. The van der Waals surface area contributed by atoms with Crippen molar-refractivity contribution in [1.29, 1.82) is 0 Å². The lowest BCUT2D eigenvalue weighted by Gasteiger charge is -2.14. The number of aryl methyl sites for hydroxylation is 2. The molecule has 0 saturated carbocycles. The summed E-state index contributed by atoms with van der Waals surface area (Å²) in [5.74, 6) is -2.16. The summed E-state index contributed by atoms with van der Waals surface area (Å²) < 4.78 is 0. The summed E-state index contributed by atoms with van der Waals surface area (Å²) in [6.45, 7) is 3.92. The number of benzene rings is 1. The molecule has 0 bridgehead atoms. The van der Waals surface area contributed by atoms with E-state index in [4.69, 9.17) is 10.8 Å². The predicted octanol–water partition coefficient (Wildman–Crippen LogP) is 0.681. The van der Waals surface area contributed by atoms with Crippen molar-refractivity contribution in [3.63, 3.8) is 0 Å². The van der Waals surface area contributed by atoms with Gasteiger partial charge >= 0.3 is 5.97 Å². The third-order valence-electron chi connectivity index (χ3n) is 3.25. The number of nitrogens with two attached hydrogens (primary N) is 1. The Hall–Kier alpha value is -2.37. The van der Waals surface area contributed by atoms with E-state index in [1.54, 1.807) is 0 Å². The summed E-state index contributed by atoms with van der Waals surface area (Å²) in [5.41, 5.74) is 8.00. The molecule has 114 valence electrons. The minimum Gasteiger partial charge on any atom is -0.480 e. The van der Waals surface area contributed by atoms with Gasteiger partial charge in [-0.05, 0) is 37.0 Å². The first-order valence-electron chi connectivity index (χ1n) is 6.66. The third kappa shape index (κ3) is 5.64. The van der Waals surface area contributed by atoms with Gasteiger partial charge in [0.25, 0.3) is 0 Å². The average Bonchev–Trinajstić information content (AvgIpc) is 2.38. The van der Waals surface area contributed by atoms with E-state index in [9.17, 15) is 14.4 Å². The molecular formula is C15H20N2O4. The van der Waals surface area contributed by atoms with Gasteiger partial charge in [-0.1, -0.05) is 18.2 Å². The molecular weight excluding hydrogens is 272 g/mol. The van der Waals surface area contributed by atoms with E-state index in [1.165, 1.54) is 0 Å². The van der Waals surface area contributed by atoms with E-state index in [0.29, 0.717) is 0 Å². The van der Waals surface area contributed by atoms with Crippen LogP contribution in [0.15, 0.2) is 18.2 Å². The van der Waals surface area contributed by atoms with Gasteiger partial charge in [-0.2, -0.15) is 0 Å². The first-order chi connectivity index (χ1) is 9.79. The molecule has 1 unspecified atom stereocenters. The molecule has 0 heterocycles. The monoisotopic (exact) mass is 292 g/mol. The predicted molar refractivity (Wildman–Crippen MR) is 77.6 cm³/mol. The Bertz CT molecular complexity index is 555. The van der Waals surface area contributed by atoms with Gasteiger partial charge in [0.15, 0.2) is 0 Å². The fourth-order valence-electron chi connectivity index (χ4n) is 1.89. The van der Waals surface area contributed by atoms with Crippen LogP contribution in [0.5, 0.6) is 0 Å². The highest BCUT2D eigenvalue weighted by molar-refractivity contribution is 5.85. The van der Waals surface area contributed by atoms with Gasteiger partial charge in [0.05, 0.1) is 6.42 Å². The van der Waals surface area contributed by atoms with Crippen LogP contribution in [-0.2, 0) is 20.8 Å². The Labute approximate surface area is 123 Å². The number of carbonyl (C=O) groups is 3. The molecule has 1 aromatic carbocycles. The SMILES string of the molecule is Cc1ccc(CC(=O)NC(CCC(N)=O)C(=O)O)cc1C. The summed E-state index contributed by atoms with van der Waals surface area (Å²) >= 11 is 0. The zero-order chi connectivity index (χ0) is 16.0. The first kappa shape index (κ1) is 16.7. The number of aliphatic carboxylic acids is 1. The maximum absolute atomic E-state index is 11.9. The van der Waals surface area contributed by atoms with Crippen molar-refractivity contribution in [2.75, 3.05) is 0 Å². The van der Waals surface area contributed by atoms with Gasteiger partial charge in [0, 0.05) is 6.42 Å². The molecule has 4 N–H and O–H groups in total. The normalized spacial score (nSPS) is 11.7. The van der Waals surface area contributed by atoms with Crippen LogP contribution >= 0.6 is 0 Å². The number of primary amides is 1. The molecule has 21 heavy (non-hydrogen) atoms. The van der Waals surface area contributed by atoms with E-state index in [2.05, 4.69) is 5.32 Å². The molecule has 2 amide bonds. The molecule has 1 aromatic rings. The van der Waals surface area contributed by atoms with Crippen molar-refractivity contribution in [2.45, 2.75) is 39.2 Å². The van der Waals surface area contributed by atoms with Crippen molar-refractivity contribution in [3.8, 4) is 0 Å². The number of amides is 2. The van der Waals surface area contributed by atoms with Gasteiger partial charge < -0.3 is 16.2 Å². The van der Waals surface area contributed by atoms with Gasteiger partial charge in [-0.15, -0.1) is 0 Å². The van der Waals surface area contributed by atoms with Crippen LogP contribution in [-0.4, -0.2) is 28.9 Å². The quantitative estimate of drug-likeness (QED) is 0.686. The molecule has 1 atom stereocenters. The van der Waals surface area contributed by atoms with Gasteiger partial charge in [0.2, 0.25) is 11.8 Å². The number of hydrogen-bond acceptors (Lipinski definition) is 3. The highest BCUT2D eigenvalue weighted by Crippen LogP contribution is 2.10. The third-order valence-corrected chi connectivity index (χ3v) is 3.25. The maximum atomic E-state index is 11.9. The smallest absolute Gasteiger partial charge is 0.326 e. The summed E-state index contributed by atoms with van der Waals surface area (Å²) in [5, 5.41) is 11.4. The summed E-state index contributed by atoms with van der Waals surface area (Å²) in [4.78, 5) is 33.6. The lowest BCUT2D eigenvalue weighted by atomic mass is 10.0. The Morgan fingerprint density at radius 3 is 2.43 bits per heavy atom. The van der Waals surface area contributed by atoms with E-state index >= 15 is 0 Å². The van der Waals surface area contributed by atoms with E-state index in [0.717, 1.165) is 16.7 Å². The van der Waals surface area contributed by atoms with E-state index in [1.807, 2.05) is 32.0 Å². The highest BCUT2D eigenvalue weighted by Gasteiger charge is 2.20. The lowest BCUT2D eigenvalue weighted by molar-refractivity contribution is -0.142. The van der Waals surface area contributed by atoms with Gasteiger partial charge in [0.1, 0.15) is 6.04 Å². The molecule has 0 saturated heterocycles. The largest absolute Gasteiger partial charge is 0.480 e. The topological polar surface area (TPSA) is 109 Å². The maximum Gasteiger partial charge on any atom is 0.326 e. The second kappa shape index (κ2) is 7.42. The van der Waals surface area contributed by atoms with Crippen LogP contribution in [0.1, 0.15) is 29.5 Å². The highest BCUT2D eigenvalue weighted by atomic mass is 16.4. The fraction of sp³-hybridized carbons (Fsp3) is 0.400. The van der Waals surface area contributed by atoms with Crippen LogP contribution in [0.2, 0.25) is 0 Å². The van der Waals surface area contributed by atoms with Crippen molar-refractivity contribution in [3.05, 3.63) is 34.9 Å². The number of rotatable bonds is 7. The molecule has 1 rings (SSSR count). The van der Waals surface area contributed by atoms with Gasteiger partial charge in [-0.3, -0.25) is 9.59 Å².